The average molecular weight is 1510 g/mol. The summed E-state index contributed by atoms with van der Waals surface area (Å²) >= 11 is 6.42. The van der Waals surface area contributed by atoms with Crippen LogP contribution in [0.15, 0.2) is 0 Å². The lowest BCUT2D eigenvalue weighted by Crippen LogP contribution is -2.65. The maximum Gasteiger partial charge on any atom is 0.393 e. The first-order chi connectivity index (χ1) is 49.5. The molecule has 1 spiro atoms. The summed E-state index contributed by atoms with van der Waals surface area (Å²) in [6.45, 7) is 10.9. The van der Waals surface area contributed by atoms with Crippen molar-refractivity contribution in [1.82, 2.24) is 65.4 Å². The van der Waals surface area contributed by atoms with Gasteiger partial charge in [0.2, 0.25) is 76.8 Å². The van der Waals surface area contributed by atoms with Crippen molar-refractivity contribution in [2.75, 3.05) is 82.1 Å². The van der Waals surface area contributed by atoms with E-state index in [0.717, 1.165) is 43.4 Å². The van der Waals surface area contributed by atoms with E-state index >= 15 is 52.7 Å². The molecule has 0 aromatic rings. The molecule has 3 saturated carbocycles. The molecule has 4 heterocycles. The summed E-state index contributed by atoms with van der Waals surface area (Å²) < 4.78 is 42.2. The third-order valence-corrected chi connectivity index (χ3v) is 24.5. The Balaban J connectivity index is 1.31. The number of carbonyl (C=O) groups excluding carboxylic acids is 13. The van der Waals surface area contributed by atoms with Crippen LogP contribution in [0.3, 0.4) is 0 Å². The van der Waals surface area contributed by atoms with E-state index in [9.17, 15) is 22.8 Å². The summed E-state index contributed by atoms with van der Waals surface area (Å²) in [6.07, 6.45) is 3.54. The molecule has 26 nitrogen and oxygen atoms in total. The van der Waals surface area contributed by atoms with Gasteiger partial charge in [-0.25, -0.2) is 0 Å². The van der Waals surface area contributed by atoms with Gasteiger partial charge >= 0.3 is 6.18 Å². The van der Waals surface area contributed by atoms with Crippen LogP contribution in [0.1, 0.15) is 208 Å². The standard InChI is InChI=1S/C75H121ClF3N13O13/c1-14-47(6)62-71(103)86(10)54(31-32-59(93)80-7)70(102)92-39-33-55(92)68(100)87(11)57(42-48-24-17-15-18-25-48)67(99)84(8)44-60(94)81-52(30-28-49-27-29-50(51(76)41-49)75(77,78)79)66(98)91-38-23-26-53(91)65(97)83-74(34-19-20-35-74)73(105)89(13)63(46(4)5)72(104)88(12)58(69(101)90-36-21-16-22-37-90)43-61(95)85(9)56(40-45(2)3)64(96)82-62/h45-58,62-63H,14-44H2,1-13H3,(H,80,93)(H,81,94)(H,82,96)(H,83,97)/t47-,49?,50?,51?,52-,53-,54-,55-,56-,57-,58-,62-,63-/m0/s1. The second-order valence-corrected chi connectivity index (χ2v) is 32.7. The second kappa shape index (κ2) is 37.8. The van der Waals surface area contributed by atoms with Gasteiger partial charge in [-0.2, -0.15) is 13.2 Å². The fraction of sp³-hybridized carbons (Fsp3) is 0.827. The van der Waals surface area contributed by atoms with Crippen LogP contribution in [0.5, 0.6) is 0 Å². The highest BCUT2D eigenvalue weighted by atomic mass is 35.5. The Morgan fingerprint density at radius 2 is 1.23 bits per heavy atom. The van der Waals surface area contributed by atoms with Crippen molar-refractivity contribution in [3.8, 4) is 0 Å². The first-order valence-corrected chi connectivity index (χ1v) is 39.2. The largest absolute Gasteiger partial charge is 0.393 e. The number of rotatable bonds is 14. The van der Waals surface area contributed by atoms with E-state index in [4.69, 9.17) is 11.6 Å². The first-order valence-electron chi connectivity index (χ1n) is 38.8. The molecule has 30 heteroatoms. The van der Waals surface area contributed by atoms with Crippen LogP contribution in [-0.2, 0) is 62.3 Å². The minimum atomic E-state index is -4.52. The van der Waals surface area contributed by atoms with Crippen molar-refractivity contribution in [3.63, 3.8) is 0 Å². The molecule has 0 bridgehead atoms. The predicted octanol–water partition coefficient (Wildman–Crippen LogP) is 5.60. The van der Waals surface area contributed by atoms with Crippen molar-refractivity contribution < 1.29 is 75.5 Å². The molecule has 0 aromatic heterocycles. The Morgan fingerprint density at radius 1 is 0.600 bits per heavy atom. The number of likely N-dealkylation sites (tertiary alicyclic amines) is 1. The number of nitrogens with one attached hydrogen (secondary N) is 4. The summed E-state index contributed by atoms with van der Waals surface area (Å²) in [7, 11) is 9.96. The Bertz CT molecular complexity index is 3110. The fourth-order valence-corrected chi connectivity index (χ4v) is 17.6. The van der Waals surface area contributed by atoms with Crippen molar-refractivity contribution in [2.24, 2.45) is 35.5 Å². The number of hydrogen-bond acceptors (Lipinski definition) is 13. The summed E-state index contributed by atoms with van der Waals surface area (Å²) in [4.78, 5) is 207. The number of piperidine rings is 1. The smallest absolute Gasteiger partial charge is 0.359 e. The fourth-order valence-electron chi connectivity index (χ4n) is 17.1. The highest BCUT2D eigenvalue weighted by Gasteiger charge is 2.53. The number of halogens is 4. The maximum absolute atomic E-state index is 15.5. The van der Waals surface area contributed by atoms with E-state index in [1.807, 2.05) is 20.8 Å². The predicted molar refractivity (Wildman–Crippen MR) is 388 cm³/mol. The Morgan fingerprint density at radius 3 is 1.81 bits per heavy atom. The number of carbonyl (C=O) groups is 13. The summed E-state index contributed by atoms with van der Waals surface area (Å²) in [5, 5.41) is 10.1. The lowest BCUT2D eigenvalue weighted by molar-refractivity contribution is -0.182. The quantitative estimate of drug-likeness (QED) is 0.154. The summed E-state index contributed by atoms with van der Waals surface area (Å²) in [6, 6.07) is -11.4. The highest BCUT2D eigenvalue weighted by molar-refractivity contribution is 6.21. The number of fused-ring (bicyclic) bond motifs is 2. The average Bonchev–Trinajstić information content (AvgIpc) is 1.32. The van der Waals surface area contributed by atoms with Crippen molar-refractivity contribution in [1.29, 1.82) is 0 Å². The molecular formula is C75H121ClF3N13O13. The molecule has 4 saturated heterocycles. The van der Waals surface area contributed by atoms with Crippen LogP contribution in [0.25, 0.3) is 0 Å². The lowest BCUT2D eigenvalue weighted by Gasteiger charge is -2.46. The summed E-state index contributed by atoms with van der Waals surface area (Å²) in [5.74, 6) is -11.8. The molecule has 4 aliphatic heterocycles. The normalized spacial score (nSPS) is 30.0. The molecule has 0 aromatic carbocycles. The zero-order valence-corrected chi connectivity index (χ0v) is 65.3. The number of likely N-dealkylation sites (N-methyl/N-ethyl adjacent to an activating group) is 6. The van der Waals surface area contributed by atoms with Gasteiger partial charge in [-0.3, -0.25) is 62.3 Å². The van der Waals surface area contributed by atoms with Gasteiger partial charge in [0.25, 0.3) is 0 Å². The third-order valence-electron chi connectivity index (χ3n) is 24.0. The zero-order valence-electron chi connectivity index (χ0n) is 64.5. The molecule has 13 amide bonds. The van der Waals surface area contributed by atoms with Gasteiger partial charge in [0.05, 0.1) is 18.9 Å². The van der Waals surface area contributed by atoms with E-state index in [1.165, 1.54) is 83.6 Å². The molecule has 0 radical (unpaired) electrons. The van der Waals surface area contributed by atoms with Crippen LogP contribution < -0.4 is 21.3 Å². The number of amides is 13. The van der Waals surface area contributed by atoms with Crippen LogP contribution in [0.4, 0.5) is 13.2 Å². The molecule has 7 fully saturated rings. The van der Waals surface area contributed by atoms with Crippen LogP contribution in [0.2, 0.25) is 0 Å². The topological polar surface area (TPSA) is 299 Å². The van der Waals surface area contributed by atoms with Gasteiger partial charge in [0, 0.05) is 87.3 Å². The molecule has 105 heavy (non-hydrogen) atoms. The Labute approximate surface area is 624 Å². The second-order valence-electron chi connectivity index (χ2n) is 32.1. The van der Waals surface area contributed by atoms with E-state index in [2.05, 4.69) is 21.3 Å². The molecule has 4 N–H and O–H groups in total. The van der Waals surface area contributed by atoms with Gasteiger partial charge in [-0.1, -0.05) is 92.9 Å². The van der Waals surface area contributed by atoms with Crippen molar-refractivity contribution in [3.05, 3.63) is 0 Å². The molecule has 7 aliphatic rings. The number of hydrogen-bond donors (Lipinski definition) is 4. The molecule has 7 rings (SSSR count). The maximum atomic E-state index is 15.5. The third kappa shape index (κ3) is 20.9. The molecule has 13 atom stereocenters. The van der Waals surface area contributed by atoms with Gasteiger partial charge in [-0.15, -0.1) is 11.6 Å². The highest BCUT2D eigenvalue weighted by Crippen LogP contribution is 2.44. The van der Waals surface area contributed by atoms with Gasteiger partial charge < -0.3 is 65.4 Å². The Hall–Kier alpha value is -6.81. The Kier molecular flexibility index (Phi) is 30.8. The molecule has 3 aliphatic carbocycles. The van der Waals surface area contributed by atoms with Gasteiger partial charge in [0.1, 0.15) is 59.9 Å². The van der Waals surface area contributed by atoms with Gasteiger partial charge in [-0.05, 0) is 132 Å². The lowest BCUT2D eigenvalue weighted by atomic mass is 9.78. The van der Waals surface area contributed by atoms with Crippen molar-refractivity contribution in [2.45, 2.75) is 280 Å². The molecular weight excluding hydrogens is 1380 g/mol. The van der Waals surface area contributed by atoms with Crippen LogP contribution >= 0.6 is 11.6 Å². The molecule has 3 unspecified atom stereocenters. The zero-order chi connectivity index (χ0) is 77.7. The first kappa shape index (κ1) is 85.4. The SMILES string of the molecule is CC[C@H](C)[C@@H]1NC(=O)[C@H](CC(C)C)N(C)C(=O)C[C@@H](C(=O)N2CCCCC2)N(C)C(=O)[C@H](C(C)C)N(C)C(=O)C2(CCCC2)NC(=O)[C@@H]2CCCN2C(=O)[C@H](CCC2CCC(C(F)(F)F)C(Cl)C2)NC(=O)CN(C)C(=O)[C@H](CC2CCCCC2)N(C)C(=O)[C@@H]2CCN2C(=O)[C@H](CCC(=O)NC)N(C)C1=O. The summed E-state index contributed by atoms with van der Waals surface area (Å²) in [5.41, 5.74) is -1.58. The number of nitrogens with zero attached hydrogens (tertiary/aromatic N) is 9. The van der Waals surface area contributed by atoms with E-state index in [0.29, 0.717) is 51.6 Å². The van der Waals surface area contributed by atoms with E-state index < -0.39 is 179 Å². The van der Waals surface area contributed by atoms with Gasteiger partial charge in [0.15, 0.2) is 0 Å². The van der Waals surface area contributed by atoms with Crippen LogP contribution in [-0.4, -0.2) is 274 Å². The van der Waals surface area contributed by atoms with Crippen LogP contribution in [0, 0.1) is 35.5 Å². The van der Waals surface area contributed by atoms with Crippen molar-refractivity contribution >= 4 is 88.4 Å². The minimum Gasteiger partial charge on any atom is -0.359 e. The van der Waals surface area contributed by atoms with E-state index in [1.54, 1.807) is 25.7 Å². The minimum absolute atomic E-state index is 0.00567. The monoisotopic (exact) mass is 1500 g/mol. The van der Waals surface area contributed by atoms with E-state index in [-0.39, 0.29) is 114 Å². The molecule has 592 valence electrons. The number of alkyl halides is 4.